The molecule has 0 unspecified atom stereocenters. The second-order valence-electron chi connectivity index (χ2n) is 4.25. The summed E-state index contributed by atoms with van der Waals surface area (Å²) in [6, 6.07) is 10.0. The fourth-order valence-corrected chi connectivity index (χ4v) is 3.72. The molecule has 5 heteroatoms. The summed E-state index contributed by atoms with van der Waals surface area (Å²) < 4.78 is 24.3. The van der Waals surface area contributed by atoms with Crippen LogP contribution < -0.4 is 0 Å². The zero-order valence-corrected chi connectivity index (χ0v) is 10.0. The molecule has 17 heavy (non-hydrogen) atoms. The van der Waals surface area contributed by atoms with E-state index in [1.165, 1.54) is 12.1 Å². The minimum Gasteiger partial charge on any atom is -0.223 e. The highest BCUT2D eigenvalue weighted by molar-refractivity contribution is 7.92. The molecular weight excluding hydrogens is 236 g/mol. The van der Waals surface area contributed by atoms with E-state index in [-0.39, 0.29) is 11.3 Å². The van der Waals surface area contributed by atoms with Gasteiger partial charge in [-0.2, -0.15) is 10.5 Å². The minimum absolute atomic E-state index is 0.107. The van der Waals surface area contributed by atoms with Crippen LogP contribution in [0.5, 0.6) is 0 Å². The summed E-state index contributed by atoms with van der Waals surface area (Å²) in [6.07, 6.45) is 0.107. The zero-order chi connectivity index (χ0) is 12.7. The summed E-state index contributed by atoms with van der Waals surface area (Å²) in [5, 5.41) is 16.8. The van der Waals surface area contributed by atoms with Crippen LogP contribution in [0.25, 0.3) is 0 Å². The number of aryl methyl sites for hydroxylation is 1. The number of benzene rings is 1. The monoisotopic (exact) mass is 246 g/mol. The van der Waals surface area contributed by atoms with Crippen molar-refractivity contribution in [2.75, 3.05) is 0 Å². The number of hydrogen-bond acceptors (Lipinski definition) is 4. The molecule has 4 nitrogen and oxygen atoms in total. The van der Waals surface area contributed by atoms with Gasteiger partial charge in [0.2, 0.25) is 0 Å². The van der Waals surface area contributed by atoms with Crippen LogP contribution in [-0.2, 0) is 9.84 Å². The third kappa shape index (κ3) is 1.69. The van der Waals surface area contributed by atoms with Crippen LogP contribution in [0.1, 0.15) is 12.0 Å². The fraction of sp³-hybridized carbons (Fsp3) is 0.333. The molecule has 0 radical (unpaired) electrons. The highest BCUT2D eigenvalue weighted by atomic mass is 32.2. The van der Waals surface area contributed by atoms with Crippen molar-refractivity contribution in [1.82, 2.24) is 0 Å². The van der Waals surface area contributed by atoms with Crippen LogP contribution in [0.15, 0.2) is 29.2 Å². The second kappa shape index (κ2) is 3.58. The van der Waals surface area contributed by atoms with Gasteiger partial charge in [0.1, 0.15) is 5.25 Å². The molecule has 0 spiro atoms. The molecule has 0 aliphatic heterocycles. The van der Waals surface area contributed by atoms with Crippen LogP contribution in [0.4, 0.5) is 0 Å². The summed E-state index contributed by atoms with van der Waals surface area (Å²) in [5.41, 5.74) is -0.379. The molecule has 86 valence electrons. The molecule has 1 aliphatic carbocycles. The van der Waals surface area contributed by atoms with Gasteiger partial charge in [0.25, 0.3) is 0 Å². The Bertz CT molecular complexity index is 619. The molecule has 0 bridgehead atoms. The van der Waals surface area contributed by atoms with E-state index < -0.39 is 20.5 Å². The molecule has 1 aromatic carbocycles. The lowest BCUT2D eigenvalue weighted by atomic mass is 10.2. The Balaban J connectivity index is 2.39. The lowest BCUT2D eigenvalue weighted by molar-refractivity contribution is 0.591. The predicted molar refractivity (Wildman–Crippen MR) is 60.4 cm³/mol. The van der Waals surface area contributed by atoms with E-state index in [9.17, 15) is 8.42 Å². The van der Waals surface area contributed by atoms with Gasteiger partial charge >= 0.3 is 0 Å². The minimum atomic E-state index is -3.56. The molecule has 0 saturated heterocycles. The SMILES string of the molecule is Cc1ccc(S(=O)(=O)[C@H]2CC2(C#N)C#N)cc1. The van der Waals surface area contributed by atoms with E-state index in [1.54, 1.807) is 24.3 Å². The van der Waals surface area contributed by atoms with Crippen molar-refractivity contribution in [3.63, 3.8) is 0 Å². The predicted octanol–water partition coefficient (Wildman–Crippen LogP) is 1.57. The first kappa shape index (κ1) is 11.6. The third-order valence-corrected chi connectivity index (χ3v) is 5.27. The molecule has 1 aliphatic rings. The summed E-state index contributed by atoms with van der Waals surface area (Å²) in [7, 11) is -3.56. The number of rotatable bonds is 2. The van der Waals surface area contributed by atoms with Crippen molar-refractivity contribution < 1.29 is 8.42 Å². The summed E-state index contributed by atoms with van der Waals surface area (Å²) in [5.74, 6) is 0. The maximum Gasteiger partial charge on any atom is 0.183 e. The molecule has 0 aromatic heterocycles. The Labute approximate surface area is 100 Å². The van der Waals surface area contributed by atoms with Gasteiger partial charge in [-0.1, -0.05) is 17.7 Å². The average molecular weight is 246 g/mol. The lowest BCUT2D eigenvalue weighted by Crippen LogP contribution is -2.14. The number of hydrogen-bond donors (Lipinski definition) is 0. The molecule has 0 N–H and O–H groups in total. The van der Waals surface area contributed by atoms with Crippen LogP contribution in [-0.4, -0.2) is 13.7 Å². The quantitative estimate of drug-likeness (QED) is 0.793. The first-order chi connectivity index (χ1) is 7.96. The molecule has 1 fully saturated rings. The van der Waals surface area contributed by atoms with Gasteiger partial charge in [-0.05, 0) is 19.1 Å². The van der Waals surface area contributed by atoms with Crippen molar-refractivity contribution in [2.24, 2.45) is 5.41 Å². The normalized spacial score (nSPS) is 21.2. The van der Waals surface area contributed by atoms with Crippen molar-refractivity contribution in [3.05, 3.63) is 29.8 Å². The van der Waals surface area contributed by atoms with Gasteiger partial charge < -0.3 is 0 Å². The molecule has 1 aromatic rings. The summed E-state index contributed by atoms with van der Waals surface area (Å²) >= 11 is 0. The van der Waals surface area contributed by atoms with Gasteiger partial charge in [0.05, 0.1) is 17.0 Å². The van der Waals surface area contributed by atoms with Crippen LogP contribution >= 0.6 is 0 Å². The first-order valence-corrected chi connectivity index (χ1v) is 6.64. The van der Waals surface area contributed by atoms with Gasteiger partial charge in [-0.3, -0.25) is 0 Å². The molecule has 0 amide bonds. The van der Waals surface area contributed by atoms with Gasteiger partial charge in [0, 0.05) is 6.42 Å². The topological polar surface area (TPSA) is 81.7 Å². The molecule has 1 atom stereocenters. The number of nitrogens with zero attached hydrogens (tertiary/aromatic N) is 2. The van der Waals surface area contributed by atoms with E-state index >= 15 is 0 Å². The Morgan fingerprint density at radius 3 is 2.18 bits per heavy atom. The smallest absolute Gasteiger partial charge is 0.183 e. The Morgan fingerprint density at radius 1 is 1.24 bits per heavy atom. The van der Waals surface area contributed by atoms with E-state index in [4.69, 9.17) is 10.5 Å². The summed E-state index contributed by atoms with van der Waals surface area (Å²) in [6.45, 7) is 1.86. The van der Waals surface area contributed by atoms with E-state index in [1.807, 2.05) is 6.92 Å². The maximum atomic E-state index is 12.1. The van der Waals surface area contributed by atoms with E-state index in [0.29, 0.717) is 0 Å². The molecule has 2 rings (SSSR count). The van der Waals surface area contributed by atoms with Crippen molar-refractivity contribution in [3.8, 4) is 12.1 Å². The van der Waals surface area contributed by atoms with Gasteiger partial charge in [-0.25, -0.2) is 8.42 Å². The van der Waals surface area contributed by atoms with Crippen LogP contribution in [0, 0.1) is 35.0 Å². The van der Waals surface area contributed by atoms with Crippen LogP contribution in [0.2, 0.25) is 0 Å². The molecule has 0 heterocycles. The van der Waals surface area contributed by atoms with E-state index in [2.05, 4.69) is 0 Å². The highest BCUT2D eigenvalue weighted by Gasteiger charge is 2.63. The lowest BCUT2D eigenvalue weighted by Gasteiger charge is -2.04. The highest BCUT2D eigenvalue weighted by Crippen LogP contribution is 2.51. The van der Waals surface area contributed by atoms with Crippen LogP contribution in [0.3, 0.4) is 0 Å². The van der Waals surface area contributed by atoms with Gasteiger partial charge in [0.15, 0.2) is 15.3 Å². The third-order valence-electron chi connectivity index (χ3n) is 3.02. The summed E-state index contributed by atoms with van der Waals surface area (Å²) in [4.78, 5) is 0.181. The van der Waals surface area contributed by atoms with Crippen molar-refractivity contribution in [2.45, 2.75) is 23.5 Å². The Kier molecular flexibility index (Phi) is 2.45. The number of sulfone groups is 1. The number of nitriles is 2. The average Bonchev–Trinajstić information content (AvgIpc) is 3.06. The Hall–Kier alpha value is -1.85. The van der Waals surface area contributed by atoms with E-state index in [0.717, 1.165) is 5.56 Å². The zero-order valence-electron chi connectivity index (χ0n) is 9.21. The standard InChI is InChI=1S/C12H10N2O2S/c1-9-2-4-10(5-3-9)17(15,16)11-6-12(11,7-13)8-14/h2-5,11H,6H2,1H3/t11-/m0/s1. The Morgan fingerprint density at radius 2 is 1.76 bits per heavy atom. The molecule has 1 saturated carbocycles. The largest absolute Gasteiger partial charge is 0.223 e. The fourth-order valence-electron chi connectivity index (χ4n) is 1.76. The first-order valence-electron chi connectivity index (χ1n) is 5.09. The van der Waals surface area contributed by atoms with Crippen molar-refractivity contribution >= 4 is 9.84 Å². The second-order valence-corrected chi connectivity index (χ2v) is 6.38. The molecular formula is C12H10N2O2S. The maximum absolute atomic E-state index is 12.1. The van der Waals surface area contributed by atoms with Gasteiger partial charge in [-0.15, -0.1) is 0 Å². The van der Waals surface area contributed by atoms with Crippen molar-refractivity contribution in [1.29, 1.82) is 10.5 Å².